The second-order valence-corrected chi connectivity index (χ2v) is 5.38. The number of halogens is 2. The van der Waals surface area contributed by atoms with Crippen molar-refractivity contribution in [1.29, 1.82) is 0 Å². The van der Waals surface area contributed by atoms with Gasteiger partial charge in [0.05, 0.1) is 0 Å². The van der Waals surface area contributed by atoms with Crippen LogP contribution in [-0.2, 0) is 0 Å². The van der Waals surface area contributed by atoms with E-state index in [0.29, 0.717) is 5.15 Å². The largest absolute Gasteiger partial charge is 0.226 e. The molecular weight excluding hydrogens is 357 g/mol. The first-order valence-electron chi connectivity index (χ1n) is 4.49. The molecule has 16 heavy (non-hydrogen) atoms. The van der Waals surface area contributed by atoms with Crippen molar-refractivity contribution in [3.8, 4) is 11.3 Å². The summed E-state index contributed by atoms with van der Waals surface area (Å²) < 4.78 is 2.74. The average Bonchev–Trinajstić information content (AvgIpc) is 2.87. The third kappa shape index (κ3) is 1.63. The molecule has 0 aliphatic heterocycles. The summed E-state index contributed by atoms with van der Waals surface area (Å²) in [6.07, 6.45) is 0. The molecule has 3 aromatic heterocycles. The molecule has 0 aromatic carbocycles. The minimum absolute atomic E-state index is 0.472. The van der Waals surface area contributed by atoms with Gasteiger partial charge < -0.3 is 0 Å². The average molecular weight is 362 g/mol. The molecule has 0 saturated carbocycles. The monoisotopic (exact) mass is 361 g/mol. The zero-order valence-corrected chi connectivity index (χ0v) is 11.6. The van der Waals surface area contributed by atoms with Gasteiger partial charge in [-0.2, -0.15) is 16.4 Å². The lowest BCUT2D eigenvalue weighted by Gasteiger charge is -1.94. The highest BCUT2D eigenvalue weighted by Gasteiger charge is 2.12. The molecule has 0 fully saturated rings. The molecule has 0 atom stereocenters. The predicted molar refractivity (Wildman–Crippen MR) is 74.0 cm³/mol. The molecule has 0 radical (unpaired) electrons. The Morgan fingerprint density at radius 2 is 2.19 bits per heavy atom. The molecule has 3 heterocycles. The van der Waals surface area contributed by atoms with Crippen LogP contribution in [0.25, 0.3) is 16.9 Å². The Kier molecular flexibility index (Phi) is 2.61. The van der Waals surface area contributed by atoms with E-state index in [1.165, 1.54) is 0 Å². The summed E-state index contributed by atoms with van der Waals surface area (Å²) in [7, 11) is 0. The molecule has 0 spiro atoms. The molecule has 80 valence electrons. The highest BCUT2D eigenvalue weighted by molar-refractivity contribution is 14.1. The molecule has 0 aliphatic rings. The van der Waals surface area contributed by atoms with Crippen LogP contribution in [0.15, 0.2) is 29.0 Å². The van der Waals surface area contributed by atoms with Crippen LogP contribution >= 0.6 is 45.5 Å². The summed E-state index contributed by atoms with van der Waals surface area (Å²) in [5.74, 6) is 0. The van der Waals surface area contributed by atoms with Gasteiger partial charge in [-0.1, -0.05) is 11.6 Å². The molecule has 6 heteroatoms. The zero-order valence-electron chi connectivity index (χ0n) is 7.89. The predicted octanol–water partition coefficient (Wildman–Crippen LogP) is 3.72. The Balaban J connectivity index is 2.32. The number of hydrogen-bond donors (Lipinski definition) is 0. The molecule has 3 aromatic rings. The van der Waals surface area contributed by atoms with Gasteiger partial charge in [0.2, 0.25) is 0 Å². The van der Waals surface area contributed by atoms with Crippen molar-refractivity contribution in [2.75, 3.05) is 0 Å². The van der Waals surface area contributed by atoms with Crippen LogP contribution in [0.4, 0.5) is 0 Å². The number of fused-ring (bicyclic) bond motifs is 1. The van der Waals surface area contributed by atoms with E-state index in [1.54, 1.807) is 21.9 Å². The Morgan fingerprint density at radius 3 is 2.94 bits per heavy atom. The number of nitrogens with zero attached hydrogens (tertiary/aromatic N) is 3. The van der Waals surface area contributed by atoms with E-state index in [9.17, 15) is 0 Å². The van der Waals surface area contributed by atoms with Crippen LogP contribution in [0.5, 0.6) is 0 Å². The fraction of sp³-hybridized carbons (Fsp3) is 0. The van der Waals surface area contributed by atoms with Gasteiger partial charge in [-0.3, -0.25) is 0 Å². The van der Waals surface area contributed by atoms with Gasteiger partial charge in [0.25, 0.3) is 0 Å². The summed E-state index contributed by atoms with van der Waals surface area (Å²) in [5.41, 5.74) is 2.89. The smallest absolute Gasteiger partial charge is 0.155 e. The van der Waals surface area contributed by atoms with Crippen molar-refractivity contribution in [1.82, 2.24) is 14.6 Å². The highest BCUT2D eigenvalue weighted by Crippen LogP contribution is 2.27. The van der Waals surface area contributed by atoms with E-state index >= 15 is 0 Å². The highest BCUT2D eigenvalue weighted by atomic mass is 127. The number of aromatic nitrogens is 3. The molecule has 0 amide bonds. The van der Waals surface area contributed by atoms with Crippen LogP contribution in [0.1, 0.15) is 0 Å². The topological polar surface area (TPSA) is 30.2 Å². The standard InChI is InChI=1S/C10H5ClIN3S/c11-7-1-2-8-13-9(6-3-4-16-5-6)10(12)15(8)14-7/h1-5H. The third-order valence-corrected chi connectivity index (χ3v) is 4.04. The van der Waals surface area contributed by atoms with Crippen molar-refractivity contribution in [3.63, 3.8) is 0 Å². The van der Waals surface area contributed by atoms with Crippen molar-refractivity contribution in [3.05, 3.63) is 37.8 Å². The molecular formula is C10H5ClIN3S. The molecule has 0 unspecified atom stereocenters. The molecule has 0 aliphatic carbocycles. The van der Waals surface area contributed by atoms with Gasteiger partial charge in [0.1, 0.15) is 14.5 Å². The van der Waals surface area contributed by atoms with E-state index < -0.39 is 0 Å². The molecule has 0 bridgehead atoms. The van der Waals surface area contributed by atoms with E-state index in [-0.39, 0.29) is 0 Å². The molecule has 0 N–H and O–H groups in total. The second kappa shape index (κ2) is 3.97. The minimum Gasteiger partial charge on any atom is -0.226 e. The maximum atomic E-state index is 5.86. The first-order valence-corrected chi connectivity index (χ1v) is 6.89. The normalized spacial score (nSPS) is 11.1. The summed E-state index contributed by atoms with van der Waals surface area (Å²) in [6.45, 7) is 0. The fourth-order valence-corrected chi connectivity index (χ4v) is 3.03. The lowest BCUT2D eigenvalue weighted by Crippen LogP contribution is -1.93. The van der Waals surface area contributed by atoms with Crippen LogP contribution < -0.4 is 0 Å². The summed E-state index contributed by atoms with van der Waals surface area (Å²) in [6, 6.07) is 5.67. The Bertz CT molecular complexity index is 647. The third-order valence-electron chi connectivity index (χ3n) is 2.18. The SMILES string of the molecule is Clc1ccc2nc(-c3ccsc3)c(I)n2n1. The molecule has 3 rings (SSSR count). The Labute approximate surface area is 114 Å². The maximum Gasteiger partial charge on any atom is 0.155 e. The van der Waals surface area contributed by atoms with E-state index in [4.69, 9.17) is 11.6 Å². The zero-order chi connectivity index (χ0) is 11.1. The van der Waals surface area contributed by atoms with Gasteiger partial charge >= 0.3 is 0 Å². The van der Waals surface area contributed by atoms with Gasteiger partial charge in [0, 0.05) is 10.9 Å². The quantitative estimate of drug-likeness (QED) is 0.619. The number of thiophene rings is 1. The number of imidazole rings is 1. The van der Waals surface area contributed by atoms with Gasteiger partial charge in [0.15, 0.2) is 5.65 Å². The van der Waals surface area contributed by atoms with Crippen LogP contribution in [0.3, 0.4) is 0 Å². The number of rotatable bonds is 1. The van der Waals surface area contributed by atoms with Crippen molar-refractivity contribution < 1.29 is 0 Å². The minimum atomic E-state index is 0.472. The van der Waals surface area contributed by atoms with Gasteiger partial charge in [-0.15, -0.1) is 0 Å². The van der Waals surface area contributed by atoms with E-state index in [2.05, 4.69) is 44.1 Å². The van der Waals surface area contributed by atoms with E-state index in [1.807, 2.05) is 11.4 Å². The summed E-state index contributed by atoms with van der Waals surface area (Å²) >= 11 is 9.76. The van der Waals surface area contributed by atoms with Crippen molar-refractivity contribution >= 4 is 51.2 Å². The Morgan fingerprint density at radius 1 is 1.31 bits per heavy atom. The summed E-state index contributed by atoms with van der Waals surface area (Å²) in [4.78, 5) is 4.54. The maximum absolute atomic E-state index is 5.86. The lowest BCUT2D eigenvalue weighted by atomic mass is 10.3. The first-order chi connectivity index (χ1) is 7.75. The molecule has 3 nitrogen and oxygen atoms in total. The van der Waals surface area contributed by atoms with Crippen LogP contribution in [-0.4, -0.2) is 14.6 Å². The Hall–Kier alpha value is -0.660. The number of hydrogen-bond acceptors (Lipinski definition) is 3. The van der Waals surface area contributed by atoms with Crippen molar-refractivity contribution in [2.45, 2.75) is 0 Å². The van der Waals surface area contributed by atoms with E-state index in [0.717, 1.165) is 20.6 Å². The lowest BCUT2D eigenvalue weighted by molar-refractivity contribution is 0.915. The van der Waals surface area contributed by atoms with Crippen LogP contribution in [0.2, 0.25) is 5.15 Å². The van der Waals surface area contributed by atoms with Gasteiger partial charge in [-0.05, 0) is 46.2 Å². The fourth-order valence-electron chi connectivity index (χ4n) is 1.47. The van der Waals surface area contributed by atoms with Crippen LogP contribution in [0, 0.1) is 3.70 Å². The summed E-state index contributed by atoms with van der Waals surface area (Å²) in [5, 5.41) is 8.81. The first kappa shape index (κ1) is 10.5. The van der Waals surface area contributed by atoms with Gasteiger partial charge in [-0.25, -0.2) is 9.50 Å². The van der Waals surface area contributed by atoms with Crippen molar-refractivity contribution in [2.24, 2.45) is 0 Å². The molecule has 0 saturated heterocycles. The second-order valence-electron chi connectivity index (χ2n) is 3.19.